The summed E-state index contributed by atoms with van der Waals surface area (Å²) in [4.78, 5) is 30.4. The third kappa shape index (κ3) is 3.04. The van der Waals surface area contributed by atoms with Crippen molar-refractivity contribution >= 4 is 5.91 Å². The molecular weight excluding hydrogens is 268 g/mol. The van der Waals surface area contributed by atoms with E-state index in [0.29, 0.717) is 23.7 Å². The third-order valence-corrected chi connectivity index (χ3v) is 3.84. The van der Waals surface area contributed by atoms with Gasteiger partial charge in [-0.2, -0.15) is 0 Å². The first-order valence-corrected chi connectivity index (χ1v) is 7.11. The largest absolute Gasteiger partial charge is 0.352 e. The minimum absolute atomic E-state index is 0.196. The Hall–Kier alpha value is -2.37. The van der Waals surface area contributed by atoms with Gasteiger partial charge in [-0.1, -0.05) is 0 Å². The molecule has 6 heteroatoms. The molecule has 0 spiro atoms. The zero-order valence-corrected chi connectivity index (χ0v) is 11.9. The zero-order chi connectivity index (χ0) is 14.8. The maximum absolute atomic E-state index is 12.1. The predicted octanol–water partition coefficient (Wildman–Crippen LogP) is 0.872. The number of aryl methyl sites for hydroxylation is 2. The lowest BCUT2D eigenvalue weighted by atomic mass is 9.97. The Morgan fingerprint density at radius 3 is 3.19 bits per heavy atom. The third-order valence-electron chi connectivity index (χ3n) is 3.84. The number of nitrogens with one attached hydrogen (secondary N) is 2. The lowest BCUT2D eigenvalue weighted by Crippen LogP contribution is -2.33. The smallest absolute Gasteiger partial charge is 0.251 e. The number of rotatable bonds is 3. The summed E-state index contributed by atoms with van der Waals surface area (Å²) in [7, 11) is 0. The monoisotopic (exact) mass is 286 g/mol. The normalized spacial score (nSPS) is 17.3. The zero-order valence-electron chi connectivity index (χ0n) is 11.9. The highest BCUT2D eigenvalue weighted by Crippen LogP contribution is 2.18. The lowest BCUT2D eigenvalue weighted by molar-refractivity contribution is 0.0944. The molecule has 1 unspecified atom stereocenters. The van der Waals surface area contributed by atoms with Crippen molar-refractivity contribution in [1.82, 2.24) is 19.9 Å². The van der Waals surface area contributed by atoms with Crippen molar-refractivity contribution in [1.29, 1.82) is 0 Å². The molecule has 0 saturated heterocycles. The van der Waals surface area contributed by atoms with Gasteiger partial charge in [0.1, 0.15) is 5.82 Å². The van der Waals surface area contributed by atoms with Crippen LogP contribution in [0.25, 0.3) is 0 Å². The van der Waals surface area contributed by atoms with Crippen LogP contribution in [0.5, 0.6) is 0 Å². The van der Waals surface area contributed by atoms with E-state index < -0.39 is 0 Å². The number of carbonyl (C=O) groups excluding carboxylic acids is 1. The molecule has 2 N–H and O–H groups in total. The number of aromatic amines is 1. The van der Waals surface area contributed by atoms with Gasteiger partial charge in [0.05, 0.1) is 0 Å². The molecule has 0 radical (unpaired) electrons. The van der Waals surface area contributed by atoms with Crippen molar-refractivity contribution in [3.8, 4) is 0 Å². The van der Waals surface area contributed by atoms with Gasteiger partial charge in [-0.25, -0.2) is 4.98 Å². The maximum Gasteiger partial charge on any atom is 0.251 e. The molecule has 1 amide bonds. The molecule has 1 aliphatic rings. The second-order valence-electron chi connectivity index (χ2n) is 5.52. The summed E-state index contributed by atoms with van der Waals surface area (Å²) < 4.78 is 2.15. The van der Waals surface area contributed by atoms with Gasteiger partial charge < -0.3 is 14.9 Å². The number of fused-ring (bicyclic) bond motifs is 1. The molecule has 110 valence electrons. The van der Waals surface area contributed by atoms with Crippen LogP contribution in [0, 0.1) is 12.8 Å². The number of hydrogen-bond donors (Lipinski definition) is 2. The molecule has 2 aromatic rings. The molecule has 3 rings (SSSR count). The molecule has 21 heavy (non-hydrogen) atoms. The van der Waals surface area contributed by atoms with Gasteiger partial charge in [-0.3, -0.25) is 9.59 Å². The van der Waals surface area contributed by atoms with Gasteiger partial charge in [0.15, 0.2) is 0 Å². The average molecular weight is 286 g/mol. The van der Waals surface area contributed by atoms with Crippen LogP contribution in [0.3, 0.4) is 0 Å². The minimum atomic E-state index is -0.250. The number of amides is 1. The highest BCUT2D eigenvalue weighted by Gasteiger charge is 2.19. The van der Waals surface area contributed by atoms with Crippen LogP contribution in [0.15, 0.2) is 29.3 Å². The van der Waals surface area contributed by atoms with Crippen LogP contribution in [-0.4, -0.2) is 27.0 Å². The first kappa shape index (κ1) is 13.6. The number of pyridine rings is 1. The SMILES string of the molecule is Cc1cc(C(=O)NCC2CCn3ccnc3C2)cc(=O)[nH]1. The fraction of sp³-hybridized carbons (Fsp3) is 0.400. The van der Waals surface area contributed by atoms with Gasteiger partial charge in [0, 0.05) is 49.2 Å². The van der Waals surface area contributed by atoms with Crippen LogP contribution in [0.2, 0.25) is 0 Å². The molecule has 6 nitrogen and oxygen atoms in total. The standard InChI is InChI=1S/C15H18N4O2/c1-10-6-12(8-14(20)18-10)15(21)17-9-11-2-4-19-5-3-16-13(19)7-11/h3,5-6,8,11H,2,4,7,9H2,1H3,(H,17,21)(H,18,20). The van der Waals surface area contributed by atoms with E-state index in [1.54, 1.807) is 13.0 Å². The number of imidazole rings is 1. The first-order valence-electron chi connectivity index (χ1n) is 7.11. The van der Waals surface area contributed by atoms with Crippen molar-refractivity contribution in [2.75, 3.05) is 6.54 Å². The molecule has 1 atom stereocenters. The summed E-state index contributed by atoms with van der Waals surface area (Å²) in [6.07, 6.45) is 5.71. The van der Waals surface area contributed by atoms with E-state index in [0.717, 1.165) is 25.2 Å². The number of hydrogen-bond acceptors (Lipinski definition) is 3. The van der Waals surface area contributed by atoms with Crippen molar-refractivity contribution in [3.05, 3.63) is 52.0 Å². The second kappa shape index (κ2) is 5.55. The van der Waals surface area contributed by atoms with Crippen LogP contribution in [-0.2, 0) is 13.0 Å². The quantitative estimate of drug-likeness (QED) is 0.878. The molecule has 0 saturated carbocycles. The van der Waals surface area contributed by atoms with Crippen LogP contribution < -0.4 is 10.9 Å². The number of nitrogens with zero attached hydrogens (tertiary/aromatic N) is 2. The fourth-order valence-electron chi connectivity index (χ4n) is 2.74. The van der Waals surface area contributed by atoms with E-state index in [1.807, 2.05) is 12.4 Å². The van der Waals surface area contributed by atoms with Crippen molar-refractivity contribution < 1.29 is 4.79 Å². The Balaban J connectivity index is 1.60. The van der Waals surface area contributed by atoms with Gasteiger partial charge in [0.2, 0.25) is 5.56 Å². The van der Waals surface area contributed by atoms with Crippen molar-refractivity contribution in [2.45, 2.75) is 26.3 Å². The van der Waals surface area contributed by atoms with Gasteiger partial charge in [0.25, 0.3) is 5.91 Å². The second-order valence-corrected chi connectivity index (χ2v) is 5.52. The minimum Gasteiger partial charge on any atom is -0.352 e. The number of carbonyl (C=O) groups is 1. The molecule has 0 aliphatic carbocycles. The summed E-state index contributed by atoms with van der Waals surface area (Å²) in [5.41, 5.74) is 0.848. The molecular formula is C15H18N4O2. The molecule has 1 aliphatic heterocycles. The fourth-order valence-corrected chi connectivity index (χ4v) is 2.74. The Kier molecular flexibility index (Phi) is 3.60. The molecule has 2 aromatic heterocycles. The number of H-pyrrole nitrogens is 1. The first-order chi connectivity index (χ1) is 10.1. The summed E-state index contributed by atoms with van der Waals surface area (Å²) >= 11 is 0. The van der Waals surface area contributed by atoms with Crippen LogP contribution in [0.1, 0.15) is 28.3 Å². The molecule has 0 fully saturated rings. The number of aromatic nitrogens is 3. The summed E-state index contributed by atoms with van der Waals surface area (Å²) in [5.74, 6) is 1.28. The molecule has 0 aromatic carbocycles. The van der Waals surface area contributed by atoms with Crippen molar-refractivity contribution in [2.24, 2.45) is 5.92 Å². The van der Waals surface area contributed by atoms with E-state index in [2.05, 4.69) is 19.9 Å². The lowest BCUT2D eigenvalue weighted by Gasteiger charge is -2.23. The summed E-state index contributed by atoms with van der Waals surface area (Å²) in [5, 5.41) is 2.92. The van der Waals surface area contributed by atoms with E-state index in [9.17, 15) is 9.59 Å². The van der Waals surface area contributed by atoms with Gasteiger partial charge in [-0.15, -0.1) is 0 Å². The Bertz CT molecular complexity index is 716. The van der Waals surface area contributed by atoms with Crippen LogP contribution in [0.4, 0.5) is 0 Å². The predicted molar refractivity (Wildman–Crippen MR) is 78.2 cm³/mol. The summed E-state index contributed by atoms with van der Waals surface area (Å²) in [6, 6.07) is 3.01. The van der Waals surface area contributed by atoms with Gasteiger partial charge >= 0.3 is 0 Å². The molecule has 0 bridgehead atoms. The highest BCUT2D eigenvalue weighted by atomic mass is 16.2. The summed E-state index contributed by atoms with van der Waals surface area (Å²) in [6.45, 7) is 3.32. The molecule has 3 heterocycles. The average Bonchev–Trinajstić information content (AvgIpc) is 2.91. The highest BCUT2D eigenvalue weighted by molar-refractivity contribution is 5.94. The Morgan fingerprint density at radius 2 is 2.38 bits per heavy atom. The van der Waals surface area contributed by atoms with Gasteiger partial charge in [-0.05, 0) is 25.3 Å². The topological polar surface area (TPSA) is 79.8 Å². The van der Waals surface area contributed by atoms with Crippen molar-refractivity contribution in [3.63, 3.8) is 0 Å². The Morgan fingerprint density at radius 1 is 1.52 bits per heavy atom. The van der Waals surface area contributed by atoms with E-state index in [-0.39, 0.29) is 11.5 Å². The maximum atomic E-state index is 12.1. The van der Waals surface area contributed by atoms with E-state index >= 15 is 0 Å². The van der Waals surface area contributed by atoms with E-state index in [4.69, 9.17) is 0 Å². The van der Waals surface area contributed by atoms with Crippen LogP contribution >= 0.6 is 0 Å². The van der Waals surface area contributed by atoms with E-state index in [1.165, 1.54) is 6.07 Å². The Labute approximate surface area is 122 Å².